The lowest BCUT2D eigenvalue weighted by Crippen LogP contribution is -2.39. The van der Waals surface area contributed by atoms with Crippen molar-refractivity contribution >= 4 is 17.6 Å². The van der Waals surface area contributed by atoms with Crippen LogP contribution >= 0.6 is 11.6 Å². The van der Waals surface area contributed by atoms with Gasteiger partial charge in [0.2, 0.25) is 0 Å². The van der Waals surface area contributed by atoms with Crippen LogP contribution in [0, 0.1) is 5.92 Å². The monoisotopic (exact) mass is 410 g/mol. The summed E-state index contributed by atoms with van der Waals surface area (Å²) in [6.07, 6.45) is 3.44. The zero-order chi connectivity index (χ0) is 20.5. The van der Waals surface area contributed by atoms with Crippen molar-refractivity contribution < 1.29 is 9.90 Å². The van der Waals surface area contributed by atoms with E-state index in [4.69, 9.17) is 11.6 Å². The number of carboxylic acid groups (broad SMARTS) is 1. The zero-order valence-electron chi connectivity index (χ0n) is 15.8. The fourth-order valence-corrected chi connectivity index (χ4v) is 3.21. The lowest BCUT2D eigenvalue weighted by molar-refractivity contribution is -0.142. The molecule has 2 heterocycles. The van der Waals surface area contributed by atoms with Gasteiger partial charge in [0, 0.05) is 43.1 Å². The minimum absolute atomic E-state index is 0.286. The van der Waals surface area contributed by atoms with Gasteiger partial charge in [-0.05, 0) is 42.0 Å². The molecular weight excluding hydrogens is 388 g/mol. The third-order valence-electron chi connectivity index (χ3n) is 4.57. The molecule has 0 amide bonds. The van der Waals surface area contributed by atoms with Gasteiger partial charge >= 0.3 is 5.97 Å². The van der Waals surface area contributed by atoms with Crippen molar-refractivity contribution in [3.05, 3.63) is 95.0 Å². The summed E-state index contributed by atoms with van der Waals surface area (Å²) in [5.41, 5.74) is 2.57. The van der Waals surface area contributed by atoms with Crippen LogP contribution < -0.4 is 10.6 Å². The molecule has 2 aromatic heterocycles. The Morgan fingerprint density at radius 2 is 1.55 bits per heavy atom. The first-order chi connectivity index (χ1) is 14.1. The number of aliphatic carboxylic acids is 1. The first-order valence-electron chi connectivity index (χ1n) is 9.35. The molecule has 0 saturated carbocycles. The molecule has 3 rings (SSSR count). The minimum atomic E-state index is -0.882. The van der Waals surface area contributed by atoms with Crippen molar-refractivity contribution in [2.75, 3.05) is 6.54 Å². The maximum atomic E-state index is 12.1. The number of nitrogens with one attached hydrogen (secondary N) is 2. The van der Waals surface area contributed by atoms with Crippen molar-refractivity contribution in [1.82, 2.24) is 20.6 Å². The Balaban J connectivity index is 1.74. The first kappa shape index (κ1) is 20.9. The number of aromatic nitrogens is 2. The van der Waals surface area contributed by atoms with Gasteiger partial charge < -0.3 is 15.7 Å². The fourth-order valence-electron chi connectivity index (χ4n) is 3.09. The lowest BCUT2D eigenvalue weighted by atomic mass is 9.92. The highest BCUT2D eigenvalue weighted by atomic mass is 35.5. The van der Waals surface area contributed by atoms with Gasteiger partial charge in [-0.25, -0.2) is 0 Å². The van der Waals surface area contributed by atoms with E-state index in [1.54, 1.807) is 24.5 Å². The summed E-state index contributed by atoms with van der Waals surface area (Å²) in [6.45, 7) is 1.24. The van der Waals surface area contributed by atoms with Crippen LogP contribution in [0.15, 0.2) is 73.1 Å². The van der Waals surface area contributed by atoms with Crippen LogP contribution in [0.25, 0.3) is 0 Å². The number of nitrogens with zero attached hydrogens (tertiary/aromatic N) is 2. The van der Waals surface area contributed by atoms with E-state index in [2.05, 4.69) is 20.6 Å². The lowest BCUT2D eigenvalue weighted by Gasteiger charge is -2.26. The van der Waals surface area contributed by atoms with Gasteiger partial charge in [-0.15, -0.1) is 0 Å². The van der Waals surface area contributed by atoms with E-state index < -0.39 is 17.9 Å². The number of hydrogen-bond acceptors (Lipinski definition) is 5. The molecule has 2 unspecified atom stereocenters. The van der Waals surface area contributed by atoms with E-state index >= 15 is 0 Å². The third kappa shape index (κ3) is 6.35. The number of rotatable bonds is 10. The number of carboxylic acids is 1. The number of carbonyl (C=O) groups is 1. The van der Waals surface area contributed by atoms with Gasteiger partial charge in [0.05, 0.1) is 17.3 Å². The highest BCUT2D eigenvalue weighted by molar-refractivity contribution is 6.30. The van der Waals surface area contributed by atoms with Crippen LogP contribution in [0.4, 0.5) is 0 Å². The van der Waals surface area contributed by atoms with E-state index in [0.717, 1.165) is 17.0 Å². The van der Waals surface area contributed by atoms with Crippen LogP contribution in [0.5, 0.6) is 0 Å². The fraction of sp³-hybridized carbons (Fsp3) is 0.227. The molecule has 2 atom stereocenters. The standard InChI is InChI=1S/C22H23ClN4O2/c23-17-9-7-16(8-10-17)21(27-14-19-6-2-4-12-26-19)20(22(28)29)15-24-13-18-5-1-3-11-25-18/h1-12,20-21,24,27H,13-15H2,(H,28,29). The molecule has 0 aliphatic rings. The molecular formula is C22H23ClN4O2. The van der Waals surface area contributed by atoms with Crippen LogP contribution in [-0.4, -0.2) is 27.6 Å². The van der Waals surface area contributed by atoms with E-state index in [-0.39, 0.29) is 6.54 Å². The number of pyridine rings is 2. The molecule has 6 nitrogen and oxygen atoms in total. The molecule has 0 fully saturated rings. The van der Waals surface area contributed by atoms with Gasteiger partial charge in [-0.1, -0.05) is 35.9 Å². The Labute approximate surface area is 175 Å². The van der Waals surface area contributed by atoms with Gasteiger partial charge in [0.25, 0.3) is 0 Å². The Hall–Kier alpha value is -2.80. The normalized spacial score (nSPS) is 13.0. The second-order valence-corrected chi connectivity index (χ2v) is 7.06. The van der Waals surface area contributed by atoms with Crippen molar-refractivity contribution in [1.29, 1.82) is 0 Å². The van der Waals surface area contributed by atoms with Gasteiger partial charge in [0.15, 0.2) is 0 Å². The van der Waals surface area contributed by atoms with Crippen LogP contribution in [0.1, 0.15) is 23.0 Å². The summed E-state index contributed by atoms with van der Waals surface area (Å²) in [5.74, 6) is -1.57. The van der Waals surface area contributed by atoms with E-state index in [9.17, 15) is 9.90 Å². The predicted molar refractivity (Wildman–Crippen MR) is 112 cm³/mol. The summed E-state index contributed by atoms with van der Waals surface area (Å²) in [6, 6.07) is 18.2. The minimum Gasteiger partial charge on any atom is -0.481 e. The molecule has 0 bridgehead atoms. The smallest absolute Gasteiger partial charge is 0.309 e. The van der Waals surface area contributed by atoms with Gasteiger partial charge in [-0.2, -0.15) is 0 Å². The topological polar surface area (TPSA) is 87.1 Å². The molecule has 1 aromatic carbocycles. The molecule has 0 radical (unpaired) electrons. The summed E-state index contributed by atoms with van der Waals surface area (Å²) < 4.78 is 0. The van der Waals surface area contributed by atoms with E-state index in [1.165, 1.54) is 0 Å². The highest BCUT2D eigenvalue weighted by Crippen LogP contribution is 2.24. The quantitative estimate of drug-likeness (QED) is 0.474. The summed E-state index contributed by atoms with van der Waals surface area (Å²) >= 11 is 6.02. The maximum Gasteiger partial charge on any atom is 0.309 e. The Bertz CT molecular complexity index is 892. The molecule has 29 heavy (non-hydrogen) atoms. The zero-order valence-corrected chi connectivity index (χ0v) is 16.6. The first-order valence-corrected chi connectivity index (χ1v) is 9.73. The summed E-state index contributed by atoms with van der Waals surface area (Å²) in [4.78, 5) is 20.7. The highest BCUT2D eigenvalue weighted by Gasteiger charge is 2.29. The average Bonchev–Trinajstić information content (AvgIpc) is 2.75. The molecule has 7 heteroatoms. The SMILES string of the molecule is O=C(O)C(CNCc1ccccn1)C(NCc1ccccn1)c1ccc(Cl)cc1. The van der Waals surface area contributed by atoms with Crippen molar-refractivity contribution in [3.63, 3.8) is 0 Å². The van der Waals surface area contributed by atoms with E-state index in [0.29, 0.717) is 18.1 Å². The molecule has 0 spiro atoms. The molecule has 3 aromatic rings. The molecule has 0 aliphatic carbocycles. The Kier molecular flexibility index (Phi) is 7.69. The van der Waals surface area contributed by atoms with Crippen molar-refractivity contribution in [2.24, 2.45) is 5.92 Å². The number of hydrogen-bond donors (Lipinski definition) is 3. The Morgan fingerprint density at radius 3 is 2.10 bits per heavy atom. The summed E-state index contributed by atoms with van der Waals surface area (Å²) in [7, 11) is 0. The second-order valence-electron chi connectivity index (χ2n) is 6.63. The predicted octanol–water partition coefficient (Wildman–Crippen LogP) is 3.45. The molecule has 3 N–H and O–H groups in total. The largest absolute Gasteiger partial charge is 0.481 e. The average molecular weight is 411 g/mol. The van der Waals surface area contributed by atoms with Crippen molar-refractivity contribution in [2.45, 2.75) is 19.1 Å². The van der Waals surface area contributed by atoms with E-state index in [1.807, 2.05) is 48.5 Å². The molecule has 0 aliphatic heterocycles. The second kappa shape index (κ2) is 10.7. The van der Waals surface area contributed by atoms with Crippen molar-refractivity contribution in [3.8, 4) is 0 Å². The molecule has 150 valence electrons. The number of halogens is 1. The van der Waals surface area contributed by atoms with Crippen LogP contribution in [-0.2, 0) is 17.9 Å². The number of benzene rings is 1. The third-order valence-corrected chi connectivity index (χ3v) is 4.83. The Morgan fingerprint density at radius 1 is 0.931 bits per heavy atom. The summed E-state index contributed by atoms with van der Waals surface area (Å²) in [5, 5.41) is 17.1. The molecule has 0 saturated heterocycles. The van der Waals surface area contributed by atoms with Gasteiger partial charge in [0.1, 0.15) is 0 Å². The van der Waals surface area contributed by atoms with Gasteiger partial charge in [-0.3, -0.25) is 14.8 Å². The maximum absolute atomic E-state index is 12.1. The van der Waals surface area contributed by atoms with Crippen LogP contribution in [0.3, 0.4) is 0 Å². The van der Waals surface area contributed by atoms with Crippen LogP contribution in [0.2, 0.25) is 5.02 Å².